The molecule has 1 atom stereocenters. The van der Waals surface area contributed by atoms with E-state index in [9.17, 15) is 9.59 Å². The van der Waals surface area contributed by atoms with Crippen molar-refractivity contribution in [3.63, 3.8) is 0 Å². The van der Waals surface area contributed by atoms with Crippen molar-refractivity contribution in [2.24, 2.45) is 11.7 Å². The van der Waals surface area contributed by atoms with Crippen molar-refractivity contribution in [1.82, 2.24) is 9.88 Å². The van der Waals surface area contributed by atoms with Crippen molar-refractivity contribution >= 4 is 22.7 Å². The van der Waals surface area contributed by atoms with Crippen LogP contribution in [0.5, 0.6) is 0 Å². The minimum atomic E-state index is -0.666. The summed E-state index contributed by atoms with van der Waals surface area (Å²) in [5, 5.41) is 3.66. The Balaban J connectivity index is 2.35. The van der Waals surface area contributed by atoms with Crippen molar-refractivity contribution in [2.45, 2.75) is 46.2 Å². The molecule has 5 nitrogen and oxygen atoms in total. The van der Waals surface area contributed by atoms with Crippen LogP contribution in [-0.2, 0) is 11.3 Å². The Bertz CT molecular complexity index is 703. The van der Waals surface area contributed by atoms with Crippen LogP contribution in [-0.4, -0.2) is 22.4 Å². The molecule has 0 fully saturated rings. The van der Waals surface area contributed by atoms with Crippen molar-refractivity contribution in [2.75, 3.05) is 0 Å². The summed E-state index contributed by atoms with van der Waals surface area (Å²) in [5.41, 5.74) is 7.01. The Hall–Kier alpha value is -2.30. The third-order valence-corrected chi connectivity index (χ3v) is 4.05. The summed E-state index contributed by atoms with van der Waals surface area (Å²) in [6.45, 7) is 6.73. The van der Waals surface area contributed by atoms with Gasteiger partial charge in [0.25, 0.3) is 5.91 Å². The molecule has 3 N–H and O–H groups in total. The Morgan fingerprint density at radius 2 is 1.96 bits per heavy atom. The van der Waals surface area contributed by atoms with Gasteiger partial charge >= 0.3 is 0 Å². The van der Waals surface area contributed by atoms with Crippen LogP contribution in [0.2, 0.25) is 0 Å². The van der Waals surface area contributed by atoms with Crippen LogP contribution in [0.15, 0.2) is 30.5 Å². The molecule has 1 aromatic heterocycles. The third kappa shape index (κ3) is 3.73. The molecular formula is C18H25N3O2. The highest BCUT2D eigenvalue weighted by molar-refractivity contribution is 6.08. The van der Waals surface area contributed by atoms with Crippen LogP contribution in [0.1, 0.15) is 44.0 Å². The fraction of sp³-hybridized carbons (Fsp3) is 0.444. The van der Waals surface area contributed by atoms with Gasteiger partial charge in [-0.25, -0.2) is 0 Å². The van der Waals surface area contributed by atoms with Crippen LogP contribution in [0.3, 0.4) is 0 Å². The number of carbonyl (C=O) groups is 2. The predicted octanol–water partition coefficient (Wildman–Crippen LogP) is 2.68. The molecule has 0 spiro atoms. The number of rotatable bonds is 7. The standard InChI is InChI=1S/C18H25N3O2/c1-4-5-10-21-11-14(13-8-6-7-9-15(13)21)18(23)20-16(12(2)3)17(19)22/h6-9,11-12,16H,4-5,10H2,1-3H3,(H2,19,22)(H,20,23)/t16-/m0/s1. The van der Waals surface area contributed by atoms with Crippen LogP contribution in [0.4, 0.5) is 0 Å². The van der Waals surface area contributed by atoms with Gasteiger partial charge in [0.2, 0.25) is 5.91 Å². The average Bonchev–Trinajstić information content (AvgIpc) is 2.88. The first-order chi connectivity index (χ1) is 11.0. The number of aromatic nitrogens is 1. The van der Waals surface area contributed by atoms with E-state index in [1.165, 1.54) is 0 Å². The number of amides is 2. The number of unbranched alkanes of at least 4 members (excludes halogenated alkanes) is 1. The third-order valence-electron chi connectivity index (χ3n) is 4.05. The molecule has 124 valence electrons. The minimum Gasteiger partial charge on any atom is -0.368 e. The lowest BCUT2D eigenvalue weighted by Crippen LogP contribution is -2.47. The van der Waals surface area contributed by atoms with Crippen molar-refractivity contribution < 1.29 is 9.59 Å². The van der Waals surface area contributed by atoms with E-state index in [4.69, 9.17) is 5.73 Å². The molecule has 2 aromatic rings. The molecule has 0 unspecified atom stereocenters. The van der Waals surface area contributed by atoms with E-state index >= 15 is 0 Å². The molecule has 0 aliphatic rings. The van der Waals surface area contributed by atoms with Crippen LogP contribution in [0, 0.1) is 5.92 Å². The molecular weight excluding hydrogens is 290 g/mol. The summed E-state index contributed by atoms with van der Waals surface area (Å²) < 4.78 is 2.10. The van der Waals surface area contributed by atoms with Gasteiger partial charge in [-0.1, -0.05) is 45.4 Å². The van der Waals surface area contributed by atoms with Crippen LogP contribution >= 0.6 is 0 Å². The van der Waals surface area contributed by atoms with Gasteiger partial charge in [-0.2, -0.15) is 0 Å². The number of benzene rings is 1. The van der Waals surface area contributed by atoms with Crippen molar-refractivity contribution in [1.29, 1.82) is 0 Å². The predicted molar refractivity (Wildman–Crippen MR) is 92.1 cm³/mol. The number of nitrogens with one attached hydrogen (secondary N) is 1. The Morgan fingerprint density at radius 1 is 1.26 bits per heavy atom. The largest absolute Gasteiger partial charge is 0.368 e. The van der Waals surface area contributed by atoms with Gasteiger partial charge in [0.05, 0.1) is 5.56 Å². The summed E-state index contributed by atoms with van der Waals surface area (Å²) in [5.74, 6) is -0.818. The maximum absolute atomic E-state index is 12.6. The summed E-state index contributed by atoms with van der Waals surface area (Å²) in [4.78, 5) is 24.2. The lowest BCUT2D eigenvalue weighted by atomic mass is 10.0. The summed E-state index contributed by atoms with van der Waals surface area (Å²) in [7, 11) is 0. The number of hydrogen-bond donors (Lipinski definition) is 2. The van der Waals surface area contributed by atoms with Gasteiger partial charge in [0, 0.05) is 23.6 Å². The highest BCUT2D eigenvalue weighted by atomic mass is 16.2. The molecule has 1 heterocycles. The van der Waals surface area contributed by atoms with Crippen LogP contribution in [0.25, 0.3) is 10.9 Å². The molecule has 0 aliphatic heterocycles. The average molecular weight is 315 g/mol. The van der Waals surface area contributed by atoms with E-state index in [1.54, 1.807) is 0 Å². The van der Waals surface area contributed by atoms with E-state index in [2.05, 4.69) is 16.8 Å². The molecule has 0 bridgehead atoms. The van der Waals surface area contributed by atoms with Gasteiger partial charge in [0.15, 0.2) is 0 Å². The number of aryl methyl sites for hydroxylation is 1. The maximum Gasteiger partial charge on any atom is 0.254 e. The monoisotopic (exact) mass is 315 g/mol. The van der Waals surface area contributed by atoms with E-state index in [1.807, 2.05) is 44.3 Å². The number of primary amides is 1. The zero-order valence-electron chi connectivity index (χ0n) is 14.0. The van der Waals surface area contributed by atoms with Gasteiger partial charge in [-0.3, -0.25) is 9.59 Å². The molecule has 0 saturated carbocycles. The SMILES string of the molecule is CCCCn1cc(C(=O)N[C@H](C(N)=O)C(C)C)c2ccccc21. The van der Waals surface area contributed by atoms with E-state index < -0.39 is 11.9 Å². The summed E-state index contributed by atoms with van der Waals surface area (Å²) in [6.07, 6.45) is 4.01. The van der Waals surface area contributed by atoms with E-state index in [-0.39, 0.29) is 11.8 Å². The number of hydrogen-bond acceptors (Lipinski definition) is 2. The topological polar surface area (TPSA) is 77.1 Å². The highest BCUT2D eigenvalue weighted by Crippen LogP contribution is 2.22. The molecule has 5 heteroatoms. The molecule has 1 aromatic carbocycles. The number of nitrogens with two attached hydrogens (primary N) is 1. The molecule has 0 radical (unpaired) electrons. The first kappa shape index (κ1) is 17.1. The molecule has 23 heavy (non-hydrogen) atoms. The van der Waals surface area contributed by atoms with Crippen LogP contribution < -0.4 is 11.1 Å². The molecule has 2 rings (SSSR count). The Kier molecular flexibility index (Phi) is 5.42. The van der Waals surface area contributed by atoms with Gasteiger partial charge in [-0.15, -0.1) is 0 Å². The van der Waals surface area contributed by atoms with E-state index in [0.29, 0.717) is 5.56 Å². The molecule has 0 saturated heterocycles. The first-order valence-corrected chi connectivity index (χ1v) is 8.13. The number of nitrogens with zero attached hydrogens (tertiary/aromatic N) is 1. The second kappa shape index (κ2) is 7.31. The van der Waals surface area contributed by atoms with Gasteiger partial charge in [0.1, 0.15) is 6.04 Å². The quantitative estimate of drug-likeness (QED) is 0.824. The normalized spacial score (nSPS) is 12.5. The zero-order valence-corrected chi connectivity index (χ0v) is 14.0. The van der Waals surface area contributed by atoms with Crippen molar-refractivity contribution in [3.05, 3.63) is 36.0 Å². The smallest absolute Gasteiger partial charge is 0.254 e. The fourth-order valence-corrected chi connectivity index (χ4v) is 2.73. The molecule has 0 aliphatic carbocycles. The first-order valence-electron chi connectivity index (χ1n) is 8.13. The molecule has 2 amide bonds. The summed E-state index contributed by atoms with van der Waals surface area (Å²) >= 11 is 0. The lowest BCUT2D eigenvalue weighted by molar-refractivity contribution is -0.120. The van der Waals surface area contributed by atoms with Crippen molar-refractivity contribution in [3.8, 4) is 0 Å². The van der Waals surface area contributed by atoms with Gasteiger partial charge < -0.3 is 15.6 Å². The number of carbonyl (C=O) groups excluding carboxylic acids is 2. The number of fused-ring (bicyclic) bond motifs is 1. The second-order valence-electron chi connectivity index (χ2n) is 6.20. The Morgan fingerprint density at radius 3 is 2.57 bits per heavy atom. The second-order valence-corrected chi connectivity index (χ2v) is 6.20. The zero-order chi connectivity index (χ0) is 17.0. The van der Waals surface area contributed by atoms with E-state index in [0.717, 1.165) is 30.3 Å². The summed E-state index contributed by atoms with van der Waals surface area (Å²) in [6, 6.07) is 7.15. The Labute approximate surface area is 136 Å². The number of para-hydroxylation sites is 1. The lowest BCUT2D eigenvalue weighted by Gasteiger charge is -2.18. The fourth-order valence-electron chi connectivity index (χ4n) is 2.73. The van der Waals surface area contributed by atoms with Gasteiger partial charge in [-0.05, 0) is 18.4 Å². The maximum atomic E-state index is 12.6. The minimum absolute atomic E-state index is 0.0510. The highest BCUT2D eigenvalue weighted by Gasteiger charge is 2.24.